The molecular weight excluding hydrogens is 430 g/mol. The smallest absolute Gasteiger partial charge is 0.315 e. The van der Waals surface area contributed by atoms with Crippen molar-refractivity contribution in [3.05, 3.63) is 53.9 Å². The molecule has 1 aromatic carbocycles. The number of nitrogens with zero attached hydrogens (tertiary/aromatic N) is 1. The van der Waals surface area contributed by atoms with E-state index in [0.29, 0.717) is 16.8 Å². The van der Waals surface area contributed by atoms with Gasteiger partial charge < -0.3 is 10.4 Å². The molecular formula is C18H19F4N3O4S. The van der Waals surface area contributed by atoms with Crippen molar-refractivity contribution in [1.29, 1.82) is 0 Å². The van der Waals surface area contributed by atoms with Crippen LogP contribution >= 0.6 is 0 Å². The molecule has 1 amide bonds. The number of nitrogens with one attached hydrogen (secondary N) is 2. The number of amides is 1. The first-order valence-corrected chi connectivity index (χ1v) is 10.2. The SMILES string of the molecule is O=C(NC(CF)C(O)c1ccc(-c2ccc(CNS(=O)(=O)CF)nc2)cc1)C(F)F. The van der Waals surface area contributed by atoms with Crippen LogP contribution in [-0.2, 0) is 21.4 Å². The number of pyridine rings is 1. The molecule has 0 fully saturated rings. The Hall–Kier alpha value is -2.57. The van der Waals surface area contributed by atoms with Crippen LogP contribution in [-0.4, -0.2) is 49.6 Å². The van der Waals surface area contributed by atoms with E-state index in [1.165, 1.54) is 24.4 Å². The second-order valence-electron chi connectivity index (χ2n) is 6.22. The maximum atomic E-state index is 13.1. The fourth-order valence-electron chi connectivity index (χ4n) is 2.47. The third-order valence-electron chi connectivity index (χ3n) is 4.10. The first kappa shape index (κ1) is 23.7. The highest BCUT2D eigenvalue weighted by atomic mass is 32.2. The number of aliphatic hydroxyl groups is 1. The number of sulfonamides is 1. The van der Waals surface area contributed by atoms with E-state index in [0.717, 1.165) is 0 Å². The van der Waals surface area contributed by atoms with Gasteiger partial charge in [-0.05, 0) is 17.2 Å². The van der Waals surface area contributed by atoms with Crippen LogP contribution in [0.15, 0.2) is 42.6 Å². The number of aromatic nitrogens is 1. The molecule has 0 radical (unpaired) electrons. The molecule has 2 unspecified atom stereocenters. The molecule has 164 valence electrons. The number of alkyl halides is 4. The van der Waals surface area contributed by atoms with E-state index in [2.05, 4.69) is 4.98 Å². The van der Waals surface area contributed by atoms with Crippen LogP contribution in [0.1, 0.15) is 17.4 Å². The van der Waals surface area contributed by atoms with Crippen LogP contribution in [0.2, 0.25) is 0 Å². The maximum Gasteiger partial charge on any atom is 0.315 e. The Kier molecular flexibility index (Phi) is 8.26. The molecule has 0 spiro atoms. The highest BCUT2D eigenvalue weighted by Crippen LogP contribution is 2.23. The zero-order chi connectivity index (χ0) is 22.3. The topological polar surface area (TPSA) is 108 Å². The molecule has 1 heterocycles. The summed E-state index contributed by atoms with van der Waals surface area (Å²) in [6.45, 7) is -1.41. The summed E-state index contributed by atoms with van der Waals surface area (Å²) in [5, 5.41) is 11.9. The lowest BCUT2D eigenvalue weighted by molar-refractivity contribution is -0.133. The van der Waals surface area contributed by atoms with Crippen molar-refractivity contribution >= 4 is 15.9 Å². The number of benzene rings is 1. The first-order chi connectivity index (χ1) is 14.2. The molecule has 2 aromatic rings. The summed E-state index contributed by atoms with van der Waals surface area (Å²) in [7, 11) is -3.99. The van der Waals surface area contributed by atoms with Gasteiger partial charge in [0.15, 0.2) is 0 Å². The summed E-state index contributed by atoms with van der Waals surface area (Å²) >= 11 is 0. The molecule has 1 aromatic heterocycles. The Labute approximate surface area is 170 Å². The number of carbonyl (C=O) groups excluding carboxylic acids is 1. The Morgan fingerprint density at radius 3 is 2.20 bits per heavy atom. The minimum Gasteiger partial charge on any atom is -0.386 e. The number of halogens is 4. The molecule has 7 nitrogen and oxygen atoms in total. The van der Waals surface area contributed by atoms with E-state index >= 15 is 0 Å². The van der Waals surface area contributed by atoms with Gasteiger partial charge in [0.2, 0.25) is 16.0 Å². The first-order valence-electron chi connectivity index (χ1n) is 8.58. The fourth-order valence-corrected chi connectivity index (χ4v) is 2.92. The average molecular weight is 449 g/mol. The molecule has 12 heteroatoms. The minimum absolute atomic E-state index is 0.174. The summed E-state index contributed by atoms with van der Waals surface area (Å²) in [5.74, 6) is -1.67. The molecule has 0 bridgehead atoms. The van der Waals surface area contributed by atoms with Crippen molar-refractivity contribution in [2.24, 2.45) is 0 Å². The van der Waals surface area contributed by atoms with Crippen LogP contribution in [0, 0.1) is 0 Å². The van der Waals surface area contributed by atoms with Crippen molar-refractivity contribution in [1.82, 2.24) is 15.0 Å². The summed E-state index contributed by atoms with van der Waals surface area (Å²) < 4.78 is 74.2. The molecule has 2 rings (SSSR count). The Balaban J connectivity index is 2.06. The number of hydrogen-bond acceptors (Lipinski definition) is 5. The van der Waals surface area contributed by atoms with Gasteiger partial charge >= 0.3 is 6.43 Å². The van der Waals surface area contributed by atoms with Crippen LogP contribution in [0.3, 0.4) is 0 Å². The van der Waals surface area contributed by atoms with Crippen LogP contribution < -0.4 is 10.0 Å². The Morgan fingerprint density at radius 1 is 1.07 bits per heavy atom. The van der Waals surface area contributed by atoms with Crippen molar-refractivity contribution < 1.29 is 35.9 Å². The minimum atomic E-state index is -3.99. The second kappa shape index (κ2) is 10.5. The summed E-state index contributed by atoms with van der Waals surface area (Å²) in [6, 6.07) is 6.17. The van der Waals surface area contributed by atoms with Crippen LogP contribution in [0.4, 0.5) is 17.6 Å². The van der Waals surface area contributed by atoms with Crippen LogP contribution in [0.25, 0.3) is 11.1 Å². The number of rotatable bonds is 10. The molecule has 0 aliphatic heterocycles. The van der Waals surface area contributed by atoms with Gasteiger partial charge in [-0.2, -0.15) is 8.78 Å². The summed E-state index contributed by atoms with van der Waals surface area (Å²) in [5.41, 5.74) is 1.87. The van der Waals surface area contributed by atoms with E-state index in [1.807, 2.05) is 4.72 Å². The van der Waals surface area contributed by atoms with E-state index in [1.54, 1.807) is 23.5 Å². The molecule has 0 saturated heterocycles. The summed E-state index contributed by atoms with van der Waals surface area (Å²) in [6.07, 6.45) is -3.40. The van der Waals surface area contributed by atoms with Crippen LogP contribution in [0.5, 0.6) is 0 Å². The van der Waals surface area contributed by atoms with E-state index in [-0.39, 0.29) is 12.1 Å². The zero-order valence-electron chi connectivity index (χ0n) is 15.4. The quantitative estimate of drug-likeness (QED) is 0.480. The molecule has 30 heavy (non-hydrogen) atoms. The summed E-state index contributed by atoms with van der Waals surface area (Å²) in [4.78, 5) is 15.1. The van der Waals surface area contributed by atoms with Gasteiger partial charge in [0, 0.05) is 11.8 Å². The lowest BCUT2D eigenvalue weighted by Gasteiger charge is -2.22. The average Bonchev–Trinajstić information content (AvgIpc) is 2.76. The monoisotopic (exact) mass is 449 g/mol. The van der Waals surface area contributed by atoms with Crippen molar-refractivity contribution in [2.45, 2.75) is 25.1 Å². The lowest BCUT2D eigenvalue weighted by atomic mass is 9.99. The molecule has 0 saturated carbocycles. The molecule has 0 aliphatic carbocycles. The van der Waals surface area contributed by atoms with Gasteiger partial charge in [-0.15, -0.1) is 0 Å². The molecule has 3 N–H and O–H groups in total. The number of carbonyl (C=O) groups is 1. The van der Waals surface area contributed by atoms with E-state index in [4.69, 9.17) is 0 Å². The van der Waals surface area contributed by atoms with E-state index in [9.17, 15) is 35.9 Å². The van der Waals surface area contributed by atoms with Crippen molar-refractivity contribution in [2.75, 3.05) is 12.7 Å². The maximum absolute atomic E-state index is 13.1. The predicted octanol–water partition coefficient (Wildman–Crippen LogP) is 1.85. The zero-order valence-corrected chi connectivity index (χ0v) is 16.3. The predicted molar refractivity (Wildman–Crippen MR) is 100 cm³/mol. The standard InChI is InChI=1S/C18H19F4N3O4S/c19-7-15(25-18(27)17(21)22)16(26)12-3-1-11(2-4-12)13-5-6-14(23-8-13)9-24-30(28,29)10-20/h1-6,8,15-17,24,26H,7,9-10H2,(H,25,27). The van der Waals surface area contributed by atoms with Crippen molar-refractivity contribution in [3.8, 4) is 11.1 Å². The number of hydrogen-bond donors (Lipinski definition) is 3. The molecule has 2 atom stereocenters. The van der Waals surface area contributed by atoms with Gasteiger partial charge in [-0.25, -0.2) is 21.9 Å². The second-order valence-corrected chi connectivity index (χ2v) is 7.96. The van der Waals surface area contributed by atoms with E-state index < -0.39 is 47.2 Å². The van der Waals surface area contributed by atoms with Crippen molar-refractivity contribution in [3.63, 3.8) is 0 Å². The van der Waals surface area contributed by atoms with Gasteiger partial charge in [-0.1, -0.05) is 30.3 Å². The fraction of sp³-hybridized carbons (Fsp3) is 0.333. The lowest BCUT2D eigenvalue weighted by Crippen LogP contribution is -2.43. The Morgan fingerprint density at radius 2 is 1.70 bits per heavy atom. The highest BCUT2D eigenvalue weighted by molar-refractivity contribution is 7.89. The molecule has 0 aliphatic rings. The van der Waals surface area contributed by atoms with Gasteiger partial charge in [-0.3, -0.25) is 9.78 Å². The van der Waals surface area contributed by atoms with Gasteiger partial charge in [0.1, 0.15) is 12.8 Å². The largest absolute Gasteiger partial charge is 0.386 e. The van der Waals surface area contributed by atoms with Gasteiger partial charge in [0.25, 0.3) is 5.91 Å². The third kappa shape index (κ3) is 6.47. The Bertz CT molecular complexity index is 941. The third-order valence-corrected chi connectivity index (χ3v) is 4.97. The number of aliphatic hydroxyl groups excluding tert-OH is 1. The normalized spacial score (nSPS) is 13.8. The van der Waals surface area contributed by atoms with Gasteiger partial charge in [0.05, 0.1) is 18.3 Å². The highest BCUT2D eigenvalue weighted by Gasteiger charge is 2.26.